The van der Waals surface area contributed by atoms with Crippen molar-refractivity contribution in [1.29, 1.82) is 0 Å². The first-order valence-electron chi connectivity index (χ1n) is 10.2. The lowest BCUT2D eigenvalue weighted by molar-refractivity contribution is 0.0951. The van der Waals surface area contributed by atoms with E-state index >= 15 is 0 Å². The van der Waals surface area contributed by atoms with Gasteiger partial charge in [-0.05, 0) is 37.2 Å². The number of piperazine rings is 1. The van der Waals surface area contributed by atoms with Crippen LogP contribution >= 0.6 is 0 Å². The second-order valence-electron chi connectivity index (χ2n) is 7.25. The Kier molecular flexibility index (Phi) is 6.34. The Morgan fingerprint density at radius 2 is 1.86 bits per heavy atom. The molecule has 3 aromatic rings. The van der Waals surface area contributed by atoms with Crippen molar-refractivity contribution >= 4 is 5.91 Å². The Hall–Kier alpha value is -2.96. The van der Waals surface area contributed by atoms with Gasteiger partial charge in [0.25, 0.3) is 5.91 Å². The first kappa shape index (κ1) is 19.4. The fourth-order valence-electron chi connectivity index (χ4n) is 3.66. The standard InChI is InChI=1S/C23H27N5O/c29-23(25-11-5-15-27-16-13-24-14-17-27)20-8-4-9-21(18-20)28-22(10-12-26-28)19-6-2-1-3-7-19/h1-4,6-10,12,18,24H,5,11,13-17H2,(H,25,29). The number of carbonyl (C=O) groups is 1. The van der Waals surface area contributed by atoms with Gasteiger partial charge in [-0.15, -0.1) is 0 Å². The van der Waals surface area contributed by atoms with Gasteiger partial charge in [0.05, 0.1) is 17.6 Å². The molecule has 0 unspecified atom stereocenters. The molecule has 1 fully saturated rings. The molecule has 1 aliphatic heterocycles. The molecule has 29 heavy (non-hydrogen) atoms. The number of aromatic nitrogens is 2. The summed E-state index contributed by atoms with van der Waals surface area (Å²) in [5.74, 6) is -0.0411. The summed E-state index contributed by atoms with van der Waals surface area (Å²) < 4.78 is 1.87. The maximum atomic E-state index is 12.6. The highest BCUT2D eigenvalue weighted by Crippen LogP contribution is 2.22. The summed E-state index contributed by atoms with van der Waals surface area (Å²) >= 11 is 0. The molecule has 0 radical (unpaired) electrons. The van der Waals surface area contributed by atoms with Crippen LogP contribution < -0.4 is 10.6 Å². The van der Waals surface area contributed by atoms with E-state index in [0.29, 0.717) is 12.1 Å². The van der Waals surface area contributed by atoms with Crippen LogP contribution in [0.1, 0.15) is 16.8 Å². The maximum absolute atomic E-state index is 12.6. The van der Waals surface area contributed by atoms with Gasteiger partial charge in [0.2, 0.25) is 0 Å². The van der Waals surface area contributed by atoms with E-state index in [2.05, 4.69) is 32.8 Å². The Morgan fingerprint density at radius 1 is 1.03 bits per heavy atom. The van der Waals surface area contributed by atoms with Gasteiger partial charge >= 0.3 is 0 Å². The smallest absolute Gasteiger partial charge is 0.251 e. The number of rotatable bonds is 7. The largest absolute Gasteiger partial charge is 0.352 e. The van der Waals surface area contributed by atoms with E-state index in [4.69, 9.17) is 0 Å². The first-order valence-corrected chi connectivity index (χ1v) is 10.2. The Labute approximate surface area is 171 Å². The molecule has 6 nitrogen and oxygen atoms in total. The van der Waals surface area contributed by atoms with Gasteiger partial charge < -0.3 is 15.5 Å². The first-order chi connectivity index (χ1) is 14.3. The normalized spacial score (nSPS) is 14.6. The van der Waals surface area contributed by atoms with Crippen molar-refractivity contribution in [2.24, 2.45) is 0 Å². The number of benzene rings is 2. The van der Waals surface area contributed by atoms with Crippen molar-refractivity contribution in [2.75, 3.05) is 39.3 Å². The molecule has 6 heteroatoms. The lowest BCUT2D eigenvalue weighted by Gasteiger charge is -2.27. The highest BCUT2D eigenvalue weighted by Gasteiger charge is 2.12. The highest BCUT2D eigenvalue weighted by atomic mass is 16.1. The van der Waals surface area contributed by atoms with Crippen LogP contribution in [0.3, 0.4) is 0 Å². The molecule has 0 saturated carbocycles. The molecule has 4 rings (SSSR count). The van der Waals surface area contributed by atoms with Gasteiger partial charge in [0.1, 0.15) is 0 Å². The summed E-state index contributed by atoms with van der Waals surface area (Å²) in [6.45, 7) is 5.99. The fourth-order valence-corrected chi connectivity index (χ4v) is 3.66. The number of hydrogen-bond acceptors (Lipinski definition) is 4. The number of nitrogens with one attached hydrogen (secondary N) is 2. The number of amides is 1. The fraction of sp³-hybridized carbons (Fsp3) is 0.304. The van der Waals surface area contributed by atoms with Crippen LogP contribution in [-0.4, -0.2) is 59.9 Å². The van der Waals surface area contributed by atoms with Crippen LogP contribution in [-0.2, 0) is 0 Å². The zero-order valence-corrected chi connectivity index (χ0v) is 16.6. The zero-order chi connectivity index (χ0) is 19.9. The number of carbonyl (C=O) groups excluding carboxylic acids is 1. The highest BCUT2D eigenvalue weighted by molar-refractivity contribution is 5.94. The van der Waals surface area contributed by atoms with Crippen molar-refractivity contribution < 1.29 is 4.79 Å². The SMILES string of the molecule is O=C(NCCCN1CCNCC1)c1cccc(-n2nccc2-c2ccccc2)c1. The van der Waals surface area contributed by atoms with Crippen LogP contribution in [0.5, 0.6) is 0 Å². The van der Waals surface area contributed by atoms with Crippen LogP contribution in [0.4, 0.5) is 0 Å². The van der Waals surface area contributed by atoms with Gasteiger partial charge in [0, 0.05) is 43.9 Å². The second-order valence-corrected chi connectivity index (χ2v) is 7.25. The molecule has 2 heterocycles. The predicted octanol–water partition coefficient (Wildman–Crippen LogP) is 2.56. The number of nitrogens with zero attached hydrogens (tertiary/aromatic N) is 3. The molecule has 1 amide bonds. The van der Waals surface area contributed by atoms with Gasteiger partial charge in [-0.1, -0.05) is 36.4 Å². The van der Waals surface area contributed by atoms with Gasteiger partial charge in [-0.3, -0.25) is 4.79 Å². The summed E-state index contributed by atoms with van der Waals surface area (Å²) in [5.41, 5.74) is 3.62. The van der Waals surface area contributed by atoms with E-state index in [1.165, 1.54) is 0 Å². The molecule has 0 spiro atoms. The van der Waals surface area contributed by atoms with E-state index in [-0.39, 0.29) is 5.91 Å². The molecule has 2 aromatic carbocycles. The van der Waals surface area contributed by atoms with E-state index < -0.39 is 0 Å². The monoisotopic (exact) mass is 389 g/mol. The average Bonchev–Trinajstić information content (AvgIpc) is 3.28. The van der Waals surface area contributed by atoms with E-state index in [9.17, 15) is 4.79 Å². The third-order valence-electron chi connectivity index (χ3n) is 5.21. The third-order valence-corrected chi connectivity index (χ3v) is 5.21. The maximum Gasteiger partial charge on any atom is 0.251 e. The molecule has 0 atom stereocenters. The van der Waals surface area contributed by atoms with Crippen LogP contribution in [0, 0.1) is 0 Å². The predicted molar refractivity (Wildman–Crippen MR) is 115 cm³/mol. The molecule has 1 saturated heterocycles. The third kappa shape index (κ3) is 4.91. The van der Waals surface area contributed by atoms with Crippen molar-refractivity contribution in [3.63, 3.8) is 0 Å². The van der Waals surface area contributed by atoms with Crippen molar-refractivity contribution in [3.8, 4) is 16.9 Å². The molecular weight excluding hydrogens is 362 g/mol. The molecule has 2 N–H and O–H groups in total. The lowest BCUT2D eigenvalue weighted by Crippen LogP contribution is -2.44. The quantitative estimate of drug-likeness (QED) is 0.610. The summed E-state index contributed by atoms with van der Waals surface area (Å²) in [4.78, 5) is 15.0. The van der Waals surface area contributed by atoms with Crippen LogP contribution in [0.15, 0.2) is 66.9 Å². The van der Waals surface area contributed by atoms with Gasteiger partial charge in [-0.2, -0.15) is 5.10 Å². The molecule has 150 valence electrons. The average molecular weight is 390 g/mol. The summed E-state index contributed by atoms with van der Waals surface area (Å²) in [7, 11) is 0. The minimum atomic E-state index is -0.0411. The van der Waals surface area contributed by atoms with Gasteiger partial charge in [-0.25, -0.2) is 4.68 Å². The van der Waals surface area contributed by atoms with E-state index in [1.807, 2.05) is 53.2 Å². The summed E-state index contributed by atoms with van der Waals surface area (Å²) in [5, 5.41) is 10.9. The van der Waals surface area contributed by atoms with E-state index in [1.54, 1.807) is 6.20 Å². The summed E-state index contributed by atoms with van der Waals surface area (Å²) in [6, 6.07) is 19.7. The summed E-state index contributed by atoms with van der Waals surface area (Å²) in [6.07, 6.45) is 2.74. The van der Waals surface area contributed by atoms with Crippen molar-refractivity contribution in [3.05, 3.63) is 72.4 Å². The Bertz CT molecular complexity index is 931. The van der Waals surface area contributed by atoms with Crippen molar-refractivity contribution in [1.82, 2.24) is 25.3 Å². The minimum Gasteiger partial charge on any atom is -0.352 e. The van der Waals surface area contributed by atoms with Crippen LogP contribution in [0.2, 0.25) is 0 Å². The van der Waals surface area contributed by atoms with Gasteiger partial charge in [0.15, 0.2) is 0 Å². The molecule has 1 aromatic heterocycles. The molecular formula is C23H27N5O. The lowest BCUT2D eigenvalue weighted by atomic mass is 10.1. The molecule has 0 aliphatic carbocycles. The van der Waals surface area contributed by atoms with Crippen molar-refractivity contribution in [2.45, 2.75) is 6.42 Å². The number of hydrogen-bond donors (Lipinski definition) is 2. The topological polar surface area (TPSA) is 62.2 Å². The Balaban J connectivity index is 1.39. The Morgan fingerprint density at radius 3 is 2.69 bits per heavy atom. The van der Waals surface area contributed by atoms with Crippen LogP contribution in [0.25, 0.3) is 16.9 Å². The molecule has 1 aliphatic rings. The second kappa shape index (κ2) is 9.49. The van der Waals surface area contributed by atoms with E-state index in [0.717, 1.165) is 56.1 Å². The molecule has 0 bridgehead atoms. The minimum absolute atomic E-state index is 0.0411. The zero-order valence-electron chi connectivity index (χ0n) is 16.6.